The number of hydrogen-bond acceptors (Lipinski definition) is 6. The molecule has 1 aromatic heterocycles. The van der Waals surface area contributed by atoms with Crippen molar-refractivity contribution in [1.29, 1.82) is 0 Å². The fourth-order valence-electron chi connectivity index (χ4n) is 1.81. The summed E-state index contributed by atoms with van der Waals surface area (Å²) in [5, 5.41) is 13.5. The van der Waals surface area contributed by atoms with Crippen molar-refractivity contribution in [2.24, 2.45) is 0 Å². The highest BCUT2D eigenvalue weighted by Gasteiger charge is 2.12. The molecule has 1 amide bonds. The van der Waals surface area contributed by atoms with Gasteiger partial charge in [-0.15, -0.1) is 10.2 Å². The maximum Gasteiger partial charge on any atom is 0.340 e. The van der Waals surface area contributed by atoms with Gasteiger partial charge in [0.2, 0.25) is 5.91 Å². The summed E-state index contributed by atoms with van der Waals surface area (Å²) in [6.45, 7) is 3.81. The van der Waals surface area contributed by atoms with Crippen LogP contribution in [0.5, 0.6) is 0 Å². The number of benzene rings is 1. The fourth-order valence-corrected chi connectivity index (χ4v) is 1.81. The maximum atomic E-state index is 11.9. The van der Waals surface area contributed by atoms with Gasteiger partial charge in [-0.3, -0.25) is 4.79 Å². The number of para-hydroxylation sites is 1. The molecule has 2 rings (SSSR count). The van der Waals surface area contributed by atoms with E-state index in [-0.39, 0.29) is 5.91 Å². The summed E-state index contributed by atoms with van der Waals surface area (Å²) in [5.41, 5.74) is 0.991. The number of nitrogens with one attached hydrogen (secondary N) is 2. The number of anilines is 3. The van der Waals surface area contributed by atoms with Crippen molar-refractivity contribution in [1.82, 2.24) is 10.2 Å². The molecule has 0 aliphatic heterocycles. The average Bonchev–Trinajstić information content (AvgIpc) is 2.57. The third kappa shape index (κ3) is 4.50. The average molecular weight is 314 g/mol. The van der Waals surface area contributed by atoms with E-state index in [1.165, 1.54) is 0 Å². The second-order valence-electron chi connectivity index (χ2n) is 4.60. The zero-order chi connectivity index (χ0) is 16.7. The largest absolute Gasteiger partial charge is 0.462 e. The number of ether oxygens (including phenoxy) is 1. The molecule has 23 heavy (non-hydrogen) atoms. The third-order valence-corrected chi connectivity index (χ3v) is 2.94. The lowest BCUT2D eigenvalue weighted by Gasteiger charge is -2.10. The lowest BCUT2D eigenvalue weighted by molar-refractivity contribution is -0.115. The van der Waals surface area contributed by atoms with E-state index < -0.39 is 5.97 Å². The highest BCUT2D eigenvalue weighted by Crippen LogP contribution is 2.20. The molecule has 2 N–H and O–H groups in total. The van der Waals surface area contributed by atoms with Crippen molar-refractivity contribution < 1.29 is 14.3 Å². The van der Waals surface area contributed by atoms with Crippen LogP contribution in [0.2, 0.25) is 0 Å². The van der Waals surface area contributed by atoms with Crippen molar-refractivity contribution in [2.75, 3.05) is 17.2 Å². The van der Waals surface area contributed by atoms with Crippen LogP contribution in [0.4, 0.5) is 17.3 Å². The molecule has 1 heterocycles. The number of esters is 1. The van der Waals surface area contributed by atoms with E-state index in [0.717, 1.165) is 0 Å². The quantitative estimate of drug-likeness (QED) is 0.796. The lowest BCUT2D eigenvalue weighted by atomic mass is 10.2. The van der Waals surface area contributed by atoms with Crippen molar-refractivity contribution >= 4 is 29.2 Å². The Morgan fingerprint density at radius 3 is 2.39 bits per heavy atom. The van der Waals surface area contributed by atoms with E-state index in [4.69, 9.17) is 4.74 Å². The highest BCUT2D eigenvalue weighted by atomic mass is 16.5. The van der Waals surface area contributed by atoms with E-state index in [9.17, 15) is 9.59 Å². The van der Waals surface area contributed by atoms with E-state index in [1.807, 2.05) is 0 Å². The summed E-state index contributed by atoms with van der Waals surface area (Å²) < 4.78 is 5.02. The second kappa shape index (κ2) is 7.88. The molecular weight excluding hydrogens is 296 g/mol. The Labute approximate surface area is 134 Å². The number of carbonyl (C=O) groups is 2. The van der Waals surface area contributed by atoms with E-state index >= 15 is 0 Å². The summed E-state index contributed by atoms with van der Waals surface area (Å²) in [6, 6.07) is 10.3. The SMILES string of the molecule is CCOC(=O)c1ccccc1Nc1ccc(NC(=O)CC)nn1. The third-order valence-electron chi connectivity index (χ3n) is 2.94. The summed E-state index contributed by atoms with van der Waals surface area (Å²) in [6.07, 6.45) is 0.370. The Morgan fingerprint density at radius 1 is 1.04 bits per heavy atom. The molecule has 0 atom stereocenters. The summed E-state index contributed by atoms with van der Waals surface area (Å²) >= 11 is 0. The van der Waals surface area contributed by atoms with Crippen LogP contribution in [0.25, 0.3) is 0 Å². The molecule has 1 aromatic carbocycles. The zero-order valence-corrected chi connectivity index (χ0v) is 13.0. The van der Waals surface area contributed by atoms with Gasteiger partial charge in [0.15, 0.2) is 11.6 Å². The molecule has 0 radical (unpaired) electrons. The lowest BCUT2D eigenvalue weighted by Crippen LogP contribution is -2.12. The van der Waals surface area contributed by atoms with Gasteiger partial charge >= 0.3 is 5.97 Å². The van der Waals surface area contributed by atoms with Crippen LogP contribution in [0.15, 0.2) is 36.4 Å². The van der Waals surface area contributed by atoms with Crippen LogP contribution in [0, 0.1) is 0 Å². The molecule has 7 nitrogen and oxygen atoms in total. The molecule has 0 bridgehead atoms. The molecule has 2 aromatic rings. The van der Waals surface area contributed by atoms with Gasteiger partial charge in [0.05, 0.1) is 17.9 Å². The molecule has 7 heteroatoms. The van der Waals surface area contributed by atoms with E-state index in [1.54, 1.807) is 50.2 Å². The molecule has 0 saturated heterocycles. The first kappa shape index (κ1) is 16.4. The Balaban J connectivity index is 2.13. The van der Waals surface area contributed by atoms with Gasteiger partial charge in [-0.2, -0.15) is 0 Å². The smallest absolute Gasteiger partial charge is 0.340 e. The van der Waals surface area contributed by atoms with Crippen LogP contribution >= 0.6 is 0 Å². The zero-order valence-electron chi connectivity index (χ0n) is 13.0. The van der Waals surface area contributed by atoms with Crippen LogP contribution < -0.4 is 10.6 Å². The molecule has 0 aliphatic carbocycles. The monoisotopic (exact) mass is 314 g/mol. The molecule has 0 spiro atoms. The van der Waals surface area contributed by atoms with Crippen LogP contribution in [0.1, 0.15) is 30.6 Å². The van der Waals surface area contributed by atoms with E-state index in [0.29, 0.717) is 35.9 Å². The number of nitrogens with zero attached hydrogens (tertiary/aromatic N) is 2. The molecule has 0 fully saturated rings. The predicted octanol–water partition coefficient (Wildman–Crippen LogP) is 2.75. The van der Waals surface area contributed by atoms with Crippen LogP contribution in [-0.2, 0) is 9.53 Å². The minimum atomic E-state index is -0.407. The van der Waals surface area contributed by atoms with Gasteiger partial charge in [-0.25, -0.2) is 4.79 Å². The minimum absolute atomic E-state index is 0.132. The molecule has 0 saturated carbocycles. The van der Waals surface area contributed by atoms with Crippen molar-refractivity contribution in [3.63, 3.8) is 0 Å². The Morgan fingerprint density at radius 2 is 1.74 bits per heavy atom. The number of carbonyl (C=O) groups excluding carboxylic acids is 2. The molecule has 0 aliphatic rings. The van der Waals surface area contributed by atoms with E-state index in [2.05, 4.69) is 20.8 Å². The fraction of sp³-hybridized carbons (Fsp3) is 0.250. The number of hydrogen-bond donors (Lipinski definition) is 2. The predicted molar refractivity (Wildman–Crippen MR) is 86.6 cm³/mol. The Bertz CT molecular complexity index is 686. The van der Waals surface area contributed by atoms with Gasteiger partial charge in [0.25, 0.3) is 0 Å². The first-order valence-electron chi connectivity index (χ1n) is 7.30. The van der Waals surface area contributed by atoms with Crippen molar-refractivity contribution in [3.05, 3.63) is 42.0 Å². The first-order valence-corrected chi connectivity index (χ1v) is 7.30. The van der Waals surface area contributed by atoms with Gasteiger partial charge < -0.3 is 15.4 Å². The molecular formula is C16H18N4O3. The van der Waals surface area contributed by atoms with Gasteiger partial charge in [-0.1, -0.05) is 19.1 Å². The first-order chi connectivity index (χ1) is 11.1. The summed E-state index contributed by atoms with van der Waals surface area (Å²) in [7, 11) is 0. The Kier molecular flexibility index (Phi) is 5.62. The topological polar surface area (TPSA) is 93.2 Å². The number of amides is 1. The van der Waals surface area contributed by atoms with Gasteiger partial charge in [0, 0.05) is 6.42 Å². The number of aromatic nitrogens is 2. The summed E-state index contributed by atoms with van der Waals surface area (Å²) in [4.78, 5) is 23.2. The van der Waals surface area contributed by atoms with Crippen molar-refractivity contribution in [3.8, 4) is 0 Å². The van der Waals surface area contributed by atoms with Gasteiger partial charge in [-0.05, 0) is 31.2 Å². The highest BCUT2D eigenvalue weighted by molar-refractivity contribution is 5.96. The second-order valence-corrected chi connectivity index (χ2v) is 4.60. The maximum absolute atomic E-state index is 11.9. The molecule has 120 valence electrons. The number of rotatable bonds is 6. The van der Waals surface area contributed by atoms with Crippen LogP contribution in [0.3, 0.4) is 0 Å². The normalized spacial score (nSPS) is 10.0. The van der Waals surface area contributed by atoms with Crippen molar-refractivity contribution in [2.45, 2.75) is 20.3 Å². The van der Waals surface area contributed by atoms with Crippen LogP contribution in [-0.4, -0.2) is 28.7 Å². The standard InChI is InChI=1S/C16H18N4O3/c1-3-15(21)18-14-10-9-13(19-20-14)17-12-8-6-5-7-11(12)16(22)23-4-2/h5-10H,3-4H2,1-2H3,(H,17,19)(H,18,20,21). The Hall–Kier alpha value is -2.96. The van der Waals surface area contributed by atoms with Gasteiger partial charge in [0.1, 0.15) is 0 Å². The summed E-state index contributed by atoms with van der Waals surface area (Å²) in [5.74, 6) is 0.292. The minimum Gasteiger partial charge on any atom is -0.462 e. The molecule has 0 unspecified atom stereocenters.